The van der Waals surface area contributed by atoms with Gasteiger partial charge in [-0.15, -0.1) is 0 Å². The van der Waals surface area contributed by atoms with Crippen molar-refractivity contribution < 1.29 is 16.8 Å². The van der Waals surface area contributed by atoms with E-state index in [2.05, 4.69) is 0 Å². The van der Waals surface area contributed by atoms with Crippen molar-refractivity contribution in [3.63, 3.8) is 0 Å². The first kappa shape index (κ1) is 28.6. The van der Waals surface area contributed by atoms with E-state index in [1.165, 1.54) is 0 Å². The summed E-state index contributed by atoms with van der Waals surface area (Å²) in [6, 6.07) is 11.7. The van der Waals surface area contributed by atoms with Gasteiger partial charge in [0, 0.05) is 63.0 Å². The molecule has 1 radical (unpaired) electrons. The Kier molecular flexibility index (Phi) is 6.71. The van der Waals surface area contributed by atoms with Crippen LogP contribution in [-0.2, 0) is 16.8 Å². The molecule has 8 unspecified atom stereocenters. The number of fused-ring (bicyclic) bond motifs is 18. The van der Waals surface area contributed by atoms with Crippen LogP contribution in [0, 0.1) is 23.7 Å². The van der Waals surface area contributed by atoms with Crippen LogP contribution in [0.2, 0.25) is 0 Å². The Bertz CT molecular complexity index is 2010. The van der Waals surface area contributed by atoms with E-state index in [0.717, 1.165) is 71.7 Å². The maximum atomic E-state index is 6.48. The molecule has 2 fully saturated rings. The number of hydrogen-bond donors (Lipinski definition) is 4. The van der Waals surface area contributed by atoms with Gasteiger partial charge in [-0.25, -0.2) is 0 Å². The Balaban J connectivity index is 0.00000300. The average Bonchev–Trinajstić information content (AvgIpc) is 3.71. The standard InChI is InChI=1S/C32H34N12.Co/c33-13-1-5-17-21(9-13)29-37-25(17)41-30-22-10-14(34)2-6-18(22)27(38-30)43-32-24-12-16(36)4-8-20(24)28(40-32)44-31-23-11-15(35)3-7-19(23)26(39-31)42-29;/h1,4-5,8-9,12,14-15,18-19,22-23,26,30H,2-3,6-7,10-11,33-36H2;/q-4;. The van der Waals surface area contributed by atoms with E-state index < -0.39 is 0 Å². The summed E-state index contributed by atoms with van der Waals surface area (Å²) in [4.78, 5) is 30.4. The topological polar surface area (TPSA) is 210 Å². The van der Waals surface area contributed by atoms with E-state index in [1.807, 2.05) is 36.4 Å². The molecule has 5 heterocycles. The number of rotatable bonds is 0. The number of amidine groups is 2. The molecule has 2 saturated carbocycles. The number of anilines is 2. The molecule has 0 amide bonds. The molecule has 8 bridgehead atoms. The van der Waals surface area contributed by atoms with Crippen LogP contribution in [0.4, 0.5) is 23.0 Å². The Morgan fingerprint density at radius 2 is 1.20 bits per heavy atom. The summed E-state index contributed by atoms with van der Waals surface area (Å²) in [5.74, 6) is 3.18. The summed E-state index contributed by atoms with van der Waals surface area (Å²) >= 11 is 0. The number of aromatic nitrogens is 2. The van der Waals surface area contributed by atoms with Gasteiger partial charge in [-0.05, 0) is 97.7 Å². The second-order valence-electron chi connectivity index (χ2n) is 13.1. The number of hydrogen-bond acceptors (Lipinski definition) is 8. The predicted octanol–water partition coefficient (Wildman–Crippen LogP) is 3.00. The third-order valence-electron chi connectivity index (χ3n) is 10.3. The smallest absolute Gasteiger partial charge is 0.0566 e. The summed E-state index contributed by atoms with van der Waals surface area (Å²) in [6.45, 7) is 0. The SMILES string of the molecule is Nc1ccc2c3[n-]c(c2c1)[N-]C1N=C(N=c2[n-]c(c4cc(N)ccc24)=NC2=NC([N-]3)C3CC(N)CCC23)C2CC(N)CCC12.[Co]. The monoisotopic (exact) mass is 645 g/mol. The van der Waals surface area contributed by atoms with Gasteiger partial charge in [0.25, 0.3) is 0 Å². The molecule has 3 aliphatic heterocycles. The fourth-order valence-electron chi connectivity index (χ4n) is 8.06. The molecular formula is C32H34CoN12-4. The Labute approximate surface area is 269 Å². The van der Waals surface area contributed by atoms with Crippen molar-refractivity contribution in [2.45, 2.75) is 62.9 Å². The molecule has 2 aromatic heterocycles. The zero-order chi connectivity index (χ0) is 29.7. The van der Waals surface area contributed by atoms with Gasteiger partial charge in [-0.2, -0.15) is 0 Å². The first-order valence-corrected chi connectivity index (χ1v) is 15.6. The minimum Gasteiger partial charge on any atom is -0.695 e. The molecule has 45 heavy (non-hydrogen) atoms. The van der Waals surface area contributed by atoms with E-state index in [-0.39, 0.29) is 64.9 Å². The second-order valence-corrected chi connectivity index (χ2v) is 13.1. The first-order chi connectivity index (χ1) is 21.4. The Morgan fingerprint density at radius 1 is 0.600 bits per heavy atom. The van der Waals surface area contributed by atoms with E-state index in [4.69, 9.17) is 63.5 Å². The van der Waals surface area contributed by atoms with Crippen LogP contribution in [0.5, 0.6) is 0 Å². The van der Waals surface area contributed by atoms with Crippen molar-refractivity contribution in [2.24, 2.45) is 55.1 Å². The average molecular weight is 646 g/mol. The third kappa shape index (κ3) is 4.63. The molecule has 8 atom stereocenters. The van der Waals surface area contributed by atoms with Crippen LogP contribution < -0.4 is 43.9 Å². The molecule has 2 aromatic carbocycles. The van der Waals surface area contributed by atoms with Gasteiger partial charge in [-0.3, -0.25) is 11.6 Å². The van der Waals surface area contributed by atoms with Gasteiger partial charge in [0.2, 0.25) is 0 Å². The summed E-state index contributed by atoms with van der Waals surface area (Å²) < 4.78 is 0. The molecule has 2 aliphatic carbocycles. The fraction of sp³-hybridized carbons (Fsp3) is 0.438. The van der Waals surface area contributed by atoms with Crippen LogP contribution in [0.25, 0.3) is 32.2 Å². The number of nitrogens with two attached hydrogens (primary N) is 4. The molecule has 4 aromatic rings. The predicted molar refractivity (Wildman–Crippen MR) is 172 cm³/mol. The zero-order valence-electron chi connectivity index (χ0n) is 24.5. The van der Waals surface area contributed by atoms with E-state index in [9.17, 15) is 0 Å². The van der Waals surface area contributed by atoms with E-state index >= 15 is 0 Å². The molecule has 235 valence electrons. The fourth-order valence-corrected chi connectivity index (χ4v) is 8.06. The third-order valence-corrected chi connectivity index (χ3v) is 10.3. The molecule has 13 heteroatoms. The van der Waals surface area contributed by atoms with Crippen molar-refractivity contribution in [2.75, 3.05) is 11.5 Å². The van der Waals surface area contributed by atoms with Crippen LogP contribution in [0.1, 0.15) is 38.5 Å². The molecule has 8 N–H and O–H groups in total. The van der Waals surface area contributed by atoms with Crippen molar-refractivity contribution in [3.05, 3.63) is 58.0 Å². The largest absolute Gasteiger partial charge is 0.695 e. The number of aliphatic imine (C=N–C) groups is 2. The molecule has 0 spiro atoms. The van der Waals surface area contributed by atoms with Gasteiger partial charge in [0.15, 0.2) is 0 Å². The van der Waals surface area contributed by atoms with Gasteiger partial charge in [0.1, 0.15) is 0 Å². The van der Waals surface area contributed by atoms with E-state index in [0.29, 0.717) is 34.0 Å². The normalized spacial score (nSPS) is 31.8. The van der Waals surface area contributed by atoms with E-state index in [1.54, 1.807) is 0 Å². The van der Waals surface area contributed by atoms with Gasteiger partial charge < -0.3 is 63.5 Å². The van der Waals surface area contributed by atoms with Crippen LogP contribution in [0.3, 0.4) is 0 Å². The van der Waals surface area contributed by atoms with Crippen molar-refractivity contribution >= 4 is 56.2 Å². The Morgan fingerprint density at radius 3 is 1.98 bits per heavy atom. The number of nitrogens with zero attached hydrogens (tertiary/aromatic N) is 8. The molecule has 12 nitrogen and oxygen atoms in total. The van der Waals surface area contributed by atoms with Crippen molar-refractivity contribution in [1.82, 2.24) is 9.97 Å². The number of benzene rings is 2. The summed E-state index contributed by atoms with van der Waals surface area (Å²) in [6.07, 6.45) is 4.55. The quantitative estimate of drug-likeness (QED) is 0.211. The number of nitrogen functional groups attached to an aromatic ring is 2. The summed E-state index contributed by atoms with van der Waals surface area (Å²) in [7, 11) is 0. The Hall–Kier alpha value is -3.91. The maximum Gasteiger partial charge on any atom is 0.0566 e. The molecular weight excluding hydrogens is 611 g/mol. The van der Waals surface area contributed by atoms with Gasteiger partial charge in [0.05, 0.1) is 11.7 Å². The molecule has 9 rings (SSSR count). The second kappa shape index (κ2) is 10.6. The summed E-state index contributed by atoms with van der Waals surface area (Å²) in [5, 5.41) is 13.9. The van der Waals surface area contributed by atoms with Crippen molar-refractivity contribution in [3.8, 4) is 0 Å². The van der Waals surface area contributed by atoms with Crippen molar-refractivity contribution in [1.29, 1.82) is 0 Å². The minimum atomic E-state index is -0.364. The minimum absolute atomic E-state index is 0. The van der Waals surface area contributed by atoms with Crippen LogP contribution in [0.15, 0.2) is 56.4 Å². The van der Waals surface area contributed by atoms with Gasteiger partial charge >= 0.3 is 0 Å². The van der Waals surface area contributed by atoms with Gasteiger partial charge in [-0.1, -0.05) is 22.9 Å². The zero-order valence-corrected chi connectivity index (χ0v) is 25.6. The summed E-state index contributed by atoms with van der Waals surface area (Å²) in [5.41, 5.74) is 27.9. The van der Waals surface area contributed by atoms with Crippen LogP contribution in [-0.4, -0.2) is 36.1 Å². The van der Waals surface area contributed by atoms with Crippen LogP contribution >= 0.6 is 0 Å². The maximum absolute atomic E-state index is 6.48. The first-order valence-electron chi connectivity index (χ1n) is 15.6. The molecule has 5 aliphatic rings. The molecule has 0 saturated heterocycles.